The van der Waals surface area contributed by atoms with Crippen LogP contribution in [0.2, 0.25) is 0 Å². The number of nitrogens with one attached hydrogen (secondary N) is 2. The molecule has 2 aromatic carbocycles. The van der Waals surface area contributed by atoms with Crippen LogP contribution in [0.4, 0.5) is 21.7 Å². The van der Waals surface area contributed by atoms with Gasteiger partial charge in [0.25, 0.3) is 0 Å². The van der Waals surface area contributed by atoms with Crippen LogP contribution in [-0.4, -0.2) is 113 Å². The van der Waals surface area contributed by atoms with E-state index in [0.29, 0.717) is 48.8 Å². The van der Waals surface area contributed by atoms with E-state index < -0.39 is 18.3 Å². The van der Waals surface area contributed by atoms with Gasteiger partial charge in [0.05, 0.1) is 42.7 Å². The molecule has 2 N–H and O–H groups in total. The number of hydrogen-bond acceptors (Lipinski definition) is 11. The average Bonchev–Trinajstić information content (AvgIpc) is 3.51. The molecule has 4 atom stereocenters. The van der Waals surface area contributed by atoms with Crippen LogP contribution in [0.25, 0.3) is 11.4 Å². The number of rotatable bonds is 8. The second kappa shape index (κ2) is 13.7. The van der Waals surface area contributed by atoms with Gasteiger partial charge in [-0.25, -0.2) is 14.4 Å². The predicted molar refractivity (Wildman–Crippen MR) is 174 cm³/mol. The Kier molecular flexibility index (Phi) is 9.05. The van der Waals surface area contributed by atoms with Crippen LogP contribution in [0.15, 0.2) is 48.8 Å². The molecular formula is C34H38FN9O4. The Hall–Kier alpha value is -4.87. The molecule has 0 saturated carbocycles. The van der Waals surface area contributed by atoms with Crippen LogP contribution in [0.1, 0.15) is 31.7 Å². The number of hydrogen-bond donors (Lipinski definition) is 2. The van der Waals surface area contributed by atoms with Gasteiger partial charge in [0.15, 0.2) is 12.0 Å². The minimum atomic E-state index is -1.45. The summed E-state index contributed by atoms with van der Waals surface area (Å²) in [6.07, 6.45) is 0.126. The number of amides is 2. The number of benzene rings is 2. The molecule has 0 bridgehead atoms. The summed E-state index contributed by atoms with van der Waals surface area (Å²) in [5, 5.41) is 16.0. The Labute approximate surface area is 278 Å². The molecule has 7 rings (SSSR count). The van der Waals surface area contributed by atoms with Crippen LogP contribution >= 0.6 is 0 Å². The van der Waals surface area contributed by atoms with Crippen molar-refractivity contribution in [3.8, 4) is 23.2 Å². The number of anilines is 3. The fourth-order valence-corrected chi connectivity index (χ4v) is 6.81. The zero-order valence-electron chi connectivity index (χ0n) is 26.7. The largest absolute Gasteiger partial charge is 0.486 e. The lowest BCUT2D eigenvalue weighted by molar-refractivity contribution is -0.138. The Morgan fingerprint density at radius 2 is 1.98 bits per heavy atom. The molecule has 4 saturated heterocycles. The van der Waals surface area contributed by atoms with Gasteiger partial charge in [-0.1, -0.05) is 12.1 Å². The number of carbonyl (C=O) groups excluding carboxylic acids is 2. The van der Waals surface area contributed by atoms with Crippen molar-refractivity contribution in [1.29, 1.82) is 5.26 Å². The number of piperazine rings is 1. The number of ether oxygens (including phenoxy) is 2. The SMILES string of the molecule is C[C@H]1CN(C2COC2)CCN1c1ccccc1Nc1ncnc(-c2ccc(O[C@H]3CCN(C(=O)[C@@H]4CCC(=O)N4)C[C@H]3F)c(C#N)c2)n1. The molecule has 0 spiro atoms. The van der Waals surface area contributed by atoms with E-state index in [1.807, 2.05) is 18.2 Å². The summed E-state index contributed by atoms with van der Waals surface area (Å²) < 4.78 is 26.6. The fourth-order valence-electron chi connectivity index (χ4n) is 6.81. The average molecular weight is 656 g/mol. The lowest BCUT2D eigenvalue weighted by Crippen LogP contribution is -2.59. The van der Waals surface area contributed by atoms with E-state index in [1.54, 1.807) is 18.2 Å². The fraction of sp³-hybridized carbons (Fsp3) is 0.471. The molecule has 14 heteroatoms. The quantitative estimate of drug-likeness (QED) is 0.369. The second-order valence-corrected chi connectivity index (χ2v) is 12.7. The Bertz CT molecular complexity index is 1720. The molecule has 4 aliphatic rings. The van der Waals surface area contributed by atoms with E-state index in [4.69, 9.17) is 9.47 Å². The van der Waals surface area contributed by atoms with Crippen LogP contribution < -0.4 is 20.3 Å². The van der Waals surface area contributed by atoms with E-state index in [0.717, 1.165) is 44.2 Å². The van der Waals surface area contributed by atoms with Gasteiger partial charge in [0, 0.05) is 50.6 Å². The van der Waals surface area contributed by atoms with Gasteiger partial charge in [-0.2, -0.15) is 10.2 Å². The molecule has 3 aromatic rings. The lowest BCUT2D eigenvalue weighted by atomic mass is 10.0. The van der Waals surface area contributed by atoms with Crippen LogP contribution in [0.3, 0.4) is 0 Å². The van der Waals surface area contributed by atoms with Gasteiger partial charge in [-0.3, -0.25) is 14.5 Å². The summed E-state index contributed by atoms with van der Waals surface area (Å²) in [6, 6.07) is 15.4. The summed E-state index contributed by atoms with van der Waals surface area (Å²) in [5.41, 5.74) is 2.74. The molecule has 1 aromatic heterocycles. The van der Waals surface area contributed by atoms with Crippen molar-refractivity contribution >= 4 is 29.1 Å². The Morgan fingerprint density at radius 1 is 1.12 bits per heavy atom. The van der Waals surface area contributed by atoms with Crippen molar-refractivity contribution in [2.45, 2.75) is 56.6 Å². The summed E-state index contributed by atoms with van der Waals surface area (Å²) in [5.74, 6) is 0.541. The number of piperidine rings is 1. The number of para-hydroxylation sites is 2. The number of nitriles is 1. The number of aromatic nitrogens is 3. The third-order valence-electron chi connectivity index (χ3n) is 9.55. The minimum Gasteiger partial charge on any atom is -0.486 e. The van der Waals surface area contributed by atoms with Crippen LogP contribution in [-0.2, 0) is 14.3 Å². The second-order valence-electron chi connectivity index (χ2n) is 12.7. The van der Waals surface area contributed by atoms with Crippen molar-refractivity contribution in [1.82, 2.24) is 30.1 Å². The number of alkyl halides is 1. The first kappa shape index (κ1) is 31.7. The summed E-state index contributed by atoms with van der Waals surface area (Å²) >= 11 is 0. The van der Waals surface area contributed by atoms with Gasteiger partial charge < -0.3 is 29.9 Å². The first-order chi connectivity index (χ1) is 23.4. The predicted octanol–water partition coefficient (Wildman–Crippen LogP) is 2.66. The summed E-state index contributed by atoms with van der Waals surface area (Å²) in [4.78, 5) is 43.9. The van der Waals surface area contributed by atoms with E-state index in [2.05, 4.69) is 54.4 Å². The topological polar surface area (TPSA) is 149 Å². The molecule has 13 nitrogen and oxygen atoms in total. The maximum Gasteiger partial charge on any atom is 0.245 e. The van der Waals surface area contributed by atoms with Crippen molar-refractivity contribution in [2.24, 2.45) is 0 Å². The molecule has 0 unspecified atom stereocenters. The molecule has 5 heterocycles. The van der Waals surface area contributed by atoms with Gasteiger partial charge >= 0.3 is 0 Å². The van der Waals surface area contributed by atoms with Gasteiger partial charge in [0.2, 0.25) is 17.8 Å². The molecule has 250 valence electrons. The number of nitrogens with zero attached hydrogens (tertiary/aromatic N) is 7. The molecular weight excluding hydrogens is 617 g/mol. The third-order valence-corrected chi connectivity index (χ3v) is 9.55. The molecule has 2 amide bonds. The maximum atomic E-state index is 15.2. The highest BCUT2D eigenvalue weighted by atomic mass is 19.1. The number of halogens is 1. The first-order valence-electron chi connectivity index (χ1n) is 16.4. The lowest BCUT2D eigenvalue weighted by Gasteiger charge is -2.46. The van der Waals surface area contributed by atoms with Gasteiger partial charge in [0.1, 0.15) is 30.3 Å². The smallest absolute Gasteiger partial charge is 0.245 e. The van der Waals surface area contributed by atoms with Gasteiger partial charge in [-0.05, 0) is 43.7 Å². The molecule has 4 fully saturated rings. The van der Waals surface area contributed by atoms with E-state index in [9.17, 15) is 14.9 Å². The maximum absolute atomic E-state index is 15.2. The van der Waals surface area contributed by atoms with Crippen molar-refractivity contribution in [3.63, 3.8) is 0 Å². The standard InChI is InChI=1S/C34H38FN9O4/c1-21-16-42(24-18-47-19-24)12-13-44(21)28-5-3-2-4-26(28)40-34-38-20-37-32(41-34)22-6-8-29(23(14-22)15-36)48-30-10-11-43(17-25(30)35)33(46)27-7-9-31(45)39-27/h2-6,8,14,20-21,24-25,27,30H,7,9-13,16-19H2,1H3,(H,39,45)(H,37,38,40,41)/t21-,25+,27-,30-/m0/s1. The Balaban J connectivity index is 1.01. The Morgan fingerprint density at radius 3 is 2.71 bits per heavy atom. The molecule has 0 aliphatic carbocycles. The molecule has 4 aliphatic heterocycles. The third kappa shape index (κ3) is 6.61. The van der Waals surface area contributed by atoms with Crippen LogP contribution in [0, 0.1) is 11.3 Å². The van der Waals surface area contributed by atoms with E-state index in [1.165, 1.54) is 11.2 Å². The summed E-state index contributed by atoms with van der Waals surface area (Å²) in [7, 11) is 0. The number of likely N-dealkylation sites (tertiary alicyclic amines) is 1. The molecule has 0 radical (unpaired) electrons. The minimum absolute atomic E-state index is 0.134. The highest BCUT2D eigenvalue weighted by Crippen LogP contribution is 2.33. The van der Waals surface area contributed by atoms with Crippen molar-refractivity contribution in [3.05, 3.63) is 54.4 Å². The normalized spacial score (nSPS) is 24.8. The van der Waals surface area contributed by atoms with Crippen molar-refractivity contribution in [2.75, 3.05) is 56.2 Å². The van der Waals surface area contributed by atoms with Crippen molar-refractivity contribution < 1.29 is 23.5 Å². The zero-order chi connectivity index (χ0) is 33.2. The molecule has 48 heavy (non-hydrogen) atoms. The summed E-state index contributed by atoms with van der Waals surface area (Å²) in [6.45, 7) is 6.84. The highest BCUT2D eigenvalue weighted by molar-refractivity contribution is 5.90. The van der Waals surface area contributed by atoms with Gasteiger partial charge in [-0.15, -0.1) is 0 Å². The van der Waals surface area contributed by atoms with E-state index in [-0.39, 0.29) is 36.1 Å². The van der Waals surface area contributed by atoms with Crippen LogP contribution in [0.5, 0.6) is 5.75 Å². The zero-order valence-corrected chi connectivity index (χ0v) is 26.7. The first-order valence-corrected chi connectivity index (χ1v) is 16.4. The highest BCUT2D eigenvalue weighted by Gasteiger charge is 2.38. The monoisotopic (exact) mass is 655 g/mol. The number of carbonyl (C=O) groups is 2. The van der Waals surface area contributed by atoms with E-state index >= 15 is 4.39 Å².